The van der Waals surface area contributed by atoms with Crippen LogP contribution in [0.5, 0.6) is 0 Å². The van der Waals surface area contributed by atoms with E-state index in [4.69, 9.17) is 4.74 Å². The van der Waals surface area contributed by atoms with Gasteiger partial charge in [-0.3, -0.25) is 9.59 Å². The lowest BCUT2D eigenvalue weighted by Gasteiger charge is -2.23. The van der Waals surface area contributed by atoms with Crippen LogP contribution in [-0.2, 0) is 14.3 Å². The van der Waals surface area contributed by atoms with E-state index in [2.05, 4.69) is 5.32 Å². The van der Waals surface area contributed by atoms with E-state index in [1.165, 1.54) is 4.90 Å². The molecule has 6 nitrogen and oxygen atoms in total. The second-order valence-electron chi connectivity index (χ2n) is 6.11. The van der Waals surface area contributed by atoms with Crippen molar-refractivity contribution in [3.05, 3.63) is 24.3 Å². The number of hydrogen-bond donors (Lipinski definition) is 2. The maximum Gasteiger partial charge on any atom is 0.230 e. The Morgan fingerprint density at radius 3 is 2.61 bits per heavy atom. The fourth-order valence-electron chi connectivity index (χ4n) is 3.07. The molecule has 0 aliphatic carbocycles. The normalized spacial score (nSPS) is 19.1. The van der Waals surface area contributed by atoms with Crippen LogP contribution in [0, 0.1) is 0 Å². The van der Waals surface area contributed by atoms with E-state index < -0.39 is 0 Å². The largest absolute Gasteiger partial charge is 0.370 e. The van der Waals surface area contributed by atoms with Crippen LogP contribution in [-0.4, -0.2) is 51.2 Å². The predicted molar refractivity (Wildman–Crippen MR) is 87.7 cm³/mol. The van der Waals surface area contributed by atoms with Crippen molar-refractivity contribution in [3.63, 3.8) is 0 Å². The predicted octanol–water partition coefficient (Wildman–Crippen LogP) is 0.0571. The lowest BCUT2D eigenvalue weighted by molar-refractivity contribution is -0.907. The molecule has 0 spiro atoms. The summed E-state index contributed by atoms with van der Waals surface area (Å²) < 4.78 is 5.31. The minimum absolute atomic E-state index is 0.0361. The van der Waals surface area contributed by atoms with Crippen LogP contribution in [0.15, 0.2) is 24.3 Å². The van der Waals surface area contributed by atoms with Crippen LogP contribution >= 0.6 is 0 Å². The van der Waals surface area contributed by atoms with Crippen LogP contribution in [0.2, 0.25) is 0 Å². The Labute approximate surface area is 136 Å². The Hall–Kier alpha value is -1.92. The molecule has 0 saturated carbocycles. The number of benzene rings is 1. The summed E-state index contributed by atoms with van der Waals surface area (Å²) in [4.78, 5) is 27.0. The average Bonchev–Trinajstić information content (AvgIpc) is 3.01. The van der Waals surface area contributed by atoms with Crippen LogP contribution in [0.25, 0.3) is 0 Å². The van der Waals surface area contributed by atoms with Gasteiger partial charge in [-0.1, -0.05) is 0 Å². The van der Waals surface area contributed by atoms with E-state index in [9.17, 15) is 9.59 Å². The highest BCUT2D eigenvalue weighted by atomic mass is 16.5. The Morgan fingerprint density at radius 1 is 1.22 bits per heavy atom. The highest BCUT2D eigenvalue weighted by molar-refractivity contribution is 5.96. The SMILES string of the molecule is O=C(CC[NH+]1CCOCC1)Nc1ccc(N2CCCC2=O)cc1. The first-order chi connectivity index (χ1) is 11.2. The number of nitrogens with zero attached hydrogens (tertiary/aromatic N) is 1. The molecule has 2 amide bonds. The molecule has 2 heterocycles. The van der Waals surface area contributed by atoms with Gasteiger partial charge in [0.25, 0.3) is 0 Å². The van der Waals surface area contributed by atoms with Crippen molar-refractivity contribution >= 4 is 23.2 Å². The average molecular weight is 318 g/mol. The van der Waals surface area contributed by atoms with Gasteiger partial charge in [0, 0.05) is 24.3 Å². The first-order valence-corrected chi connectivity index (χ1v) is 8.34. The van der Waals surface area contributed by atoms with Gasteiger partial charge in [0.05, 0.1) is 26.2 Å². The van der Waals surface area contributed by atoms with Gasteiger partial charge in [-0.15, -0.1) is 0 Å². The Morgan fingerprint density at radius 2 is 1.96 bits per heavy atom. The standard InChI is InChI=1S/C17H23N3O3/c21-16(7-9-19-10-12-23-13-11-19)18-14-3-5-15(6-4-14)20-8-1-2-17(20)22/h3-6H,1-2,7-13H2,(H,18,21)/p+1. The van der Waals surface area contributed by atoms with E-state index in [-0.39, 0.29) is 11.8 Å². The molecule has 0 atom stereocenters. The zero-order valence-electron chi connectivity index (χ0n) is 13.3. The summed E-state index contributed by atoms with van der Waals surface area (Å²) in [7, 11) is 0. The summed E-state index contributed by atoms with van der Waals surface area (Å²) in [5, 5.41) is 2.92. The van der Waals surface area contributed by atoms with E-state index in [0.717, 1.165) is 57.2 Å². The lowest BCUT2D eigenvalue weighted by atomic mass is 10.2. The number of hydrogen-bond acceptors (Lipinski definition) is 3. The van der Waals surface area contributed by atoms with Crippen molar-refractivity contribution in [3.8, 4) is 0 Å². The summed E-state index contributed by atoms with van der Waals surface area (Å²) >= 11 is 0. The van der Waals surface area contributed by atoms with Gasteiger partial charge in [0.1, 0.15) is 13.1 Å². The van der Waals surface area contributed by atoms with Crippen molar-refractivity contribution in [2.75, 3.05) is 49.6 Å². The first kappa shape index (κ1) is 16.0. The molecule has 2 aliphatic heterocycles. The lowest BCUT2D eigenvalue weighted by Crippen LogP contribution is -3.14. The van der Waals surface area contributed by atoms with Crippen LogP contribution in [0.3, 0.4) is 0 Å². The molecule has 2 fully saturated rings. The number of carbonyl (C=O) groups excluding carboxylic acids is 2. The molecular formula is C17H24N3O3+. The molecule has 23 heavy (non-hydrogen) atoms. The third-order valence-corrected chi connectivity index (χ3v) is 4.44. The molecule has 3 rings (SSSR count). The fourth-order valence-corrected chi connectivity index (χ4v) is 3.07. The molecule has 2 aliphatic rings. The number of anilines is 2. The van der Waals surface area contributed by atoms with Crippen LogP contribution in [0.1, 0.15) is 19.3 Å². The second kappa shape index (κ2) is 7.57. The van der Waals surface area contributed by atoms with E-state index in [1.54, 1.807) is 4.90 Å². The smallest absolute Gasteiger partial charge is 0.230 e. The molecular weight excluding hydrogens is 294 g/mol. The highest BCUT2D eigenvalue weighted by Gasteiger charge is 2.21. The van der Waals surface area contributed by atoms with Crippen molar-refractivity contribution < 1.29 is 19.2 Å². The molecule has 6 heteroatoms. The van der Waals surface area contributed by atoms with E-state index in [0.29, 0.717) is 12.8 Å². The summed E-state index contributed by atoms with van der Waals surface area (Å²) in [6.07, 6.45) is 2.06. The minimum Gasteiger partial charge on any atom is -0.370 e. The number of carbonyl (C=O) groups is 2. The van der Waals surface area contributed by atoms with Gasteiger partial charge in [0.2, 0.25) is 11.8 Å². The molecule has 0 aromatic heterocycles. The van der Waals surface area contributed by atoms with Gasteiger partial charge < -0.3 is 19.9 Å². The van der Waals surface area contributed by atoms with Gasteiger partial charge in [-0.25, -0.2) is 0 Å². The number of ether oxygens (including phenoxy) is 1. The highest BCUT2D eigenvalue weighted by Crippen LogP contribution is 2.22. The summed E-state index contributed by atoms with van der Waals surface area (Å²) in [5.41, 5.74) is 1.69. The molecule has 2 N–H and O–H groups in total. The topological polar surface area (TPSA) is 63.1 Å². The molecule has 1 aromatic rings. The Balaban J connectivity index is 1.47. The Bertz CT molecular complexity index is 553. The summed E-state index contributed by atoms with van der Waals surface area (Å²) in [6, 6.07) is 7.51. The molecule has 0 radical (unpaired) electrons. The monoisotopic (exact) mass is 318 g/mol. The number of morpholine rings is 1. The van der Waals surface area contributed by atoms with Gasteiger partial charge in [-0.2, -0.15) is 0 Å². The van der Waals surface area contributed by atoms with Crippen molar-refractivity contribution in [1.82, 2.24) is 0 Å². The third kappa shape index (κ3) is 4.30. The molecule has 2 saturated heterocycles. The van der Waals surface area contributed by atoms with Crippen molar-refractivity contribution in [2.45, 2.75) is 19.3 Å². The number of quaternary nitrogens is 1. The van der Waals surface area contributed by atoms with Crippen LogP contribution in [0.4, 0.5) is 11.4 Å². The Kier molecular flexibility index (Phi) is 5.25. The molecule has 1 aromatic carbocycles. The second-order valence-corrected chi connectivity index (χ2v) is 6.11. The quantitative estimate of drug-likeness (QED) is 0.807. The van der Waals surface area contributed by atoms with Crippen molar-refractivity contribution in [2.24, 2.45) is 0 Å². The third-order valence-electron chi connectivity index (χ3n) is 4.44. The number of rotatable bonds is 5. The maximum atomic E-state index is 12.0. The minimum atomic E-state index is 0.0361. The van der Waals surface area contributed by atoms with Gasteiger partial charge in [0.15, 0.2) is 0 Å². The molecule has 124 valence electrons. The molecule has 0 bridgehead atoms. The van der Waals surface area contributed by atoms with E-state index in [1.807, 2.05) is 24.3 Å². The molecule has 0 unspecified atom stereocenters. The van der Waals surface area contributed by atoms with Gasteiger partial charge >= 0.3 is 0 Å². The first-order valence-electron chi connectivity index (χ1n) is 8.34. The zero-order valence-corrected chi connectivity index (χ0v) is 13.3. The van der Waals surface area contributed by atoms with Gasteiger partial charge in [-0.05, 0) is 30.7 Å². The summed E-state index contributed by atoms with van der Waals surface area (Å²) in [6.45, 7) is 5.15. The maximum absolute atomic E-state index is 12.0. The fraction of sp³-hybridized carbons (Fsp3) is 0.529. The van der Waals surface area contributed by atoms with Crippen LogP contribution < -0.4 is 15.1 Å². The van der Waals surface area contributed by atoms with Crippen molar-refractivity contribution in [1.29, 1.82) is 0 Å². The number of nitrogens with one attached hydrogen (secondary N) is 2. The van der Waals surface area contributed by atoms with E-state index >= 15 is 0 Å². The zero-order chi connectivity index (χ0) is 16.1. The number of amides is 2. The summed E-state index contributed by atoms with van der Waals surface area (Å²) in [5.74, 6) is 0.212.